The van der Waals surface area contributed by atoms with Gasteiger partial charge in [0.15, 0.2) is 6.39 Å². The molecule has 2 aromatic heterocycles. The lowest BCUT2D eigenvalue weighted by molar-refractivity contribution is 0.0913. The van der Waals surface area contributed by atoms with Crippen LogP contribution in [0.15, 0.2) is 59.7 Å². The quantitative estimate of drug-likeness (QED) is 0.793. The Morgan fingerprint density at radius 2 is 2.14 bits per heavy atom. The van der Waals surface area contributed by atoms with E-state index in [1.54, 1.807) is 6.20 Å². The smallest absolute Gasteiger partial charge is 0.289 e. The first-order chi connectivity index (χ1) is 10.3. The van der Waals surface area contributed by atoms with Gasteiger partial charge in [-0.05, 0) is 5.56 Å². The van der Waals surface area contributed by atoms with Crippen LogP contribution >= 0.6 is 0 Å². The number of carbonyl (C=O) groups is 1. The summed E-state index contributed by atoms with van der Waals surface area (Å²) in [5.74, 6) is 0.587. The Bertz CT molecular complexity index is 719. The Kier molecular flexibility index (Phi) is 3.51. The van der Waals surface area contributed by atoms with Crippen molar-refractivity contribution in [1.82, 2.24) is 19.9 Å². The molecular weight excluding hydrogens is 268 g/mol. The van der Waals surface area contributed by atoms with Crippen LogP contribution in [0.3, 0.4) is 0 Å². The summed E-state index contributed by atoms with van der Waals surface area (Å²) in [5, 5.41) is 2.92. The van der Waals surface area contributed by atoms with Gasteiger partial charge in [0.05, 0.1) is 6.20 Å². The molecule has 0 unspecified atom stereocenters. The second kappa shape index (κ2) is 5.62. The minimum atomic E-state index is -0.358. The van der Waals surface area contributed by atoms with E-state index in [1.807, 2.05) is 48.1 Å². The molecule has 3 aromatic rings. The summed E-state index contributed by atoms with van der Waals surface area (Å²) >= 11 is 0. The first-order valence-electron chi connectivity index (χ1n) is 6.47. The Morgan fingerprint density at radius 1 is 1.33 bits per heavy atom. The molecule has 1 N–H and O–H groups in total. The van der Waals surface area contributed by atoms with Crippen molar-refractivity contribution in [2.45, 2.75) is 6.04 Å². The van der Waals surface area contributed by atoms with Gasteiger partial charge in [-0.15, -0.1) is 0 Å². The molecule has 6 nitrogen and oxygen atoms in total. The monoisotopic (exact) mass is 282 g/mol. The van der Waals surface area contributed by atoms with Crippen molar-refractivity contribution >= 4 is 5.91 Å². The van der Waals surface area contributed by atoms with E-state index < -0.39 is 0 Å². The van der Waals surface area contributed by atoms with Crippen LogP contribution in [0.4, 0.5) is 0 Å². The number of aryl methyl sites for hydroxylation is 1. The van der Waals surface area contributed by atoms with Crippen molar-refractivity contribution in [3.8, 4) is 0 Å². The molecular formula is C15H14N4O2. The van der Waals surface area contributed by atoms with Gasteiger partial charge in [-0.1, -0.05) is 30.3 Å². The number of nitrogens with one attached hydrogen (secondary N) is 1. The number of amides is 1. The molecule has 0 saturated carbocycles. The normalized spacial score (nSPS) is 12.0. The number of carbonyl (C=O) groups excluding carboxylic acids is 1. The van der Waals surface area contributed by atoms with E-state index in [2.05, 4.69) is 15.3 Å². The summed E-state index contributed by atoms with van der Waals surface area (Å²) in [6, 6.07) is 9.30. The average Bonchev–Trinajstić information content (AvgIpc) is 3.17. The summed E-state index contributed by atoms with van der Waals surface area (Å²) < 4.78 is 6.90. The fraction of sp³-hybridized carbons (Fsp3) is 0.133. The van der Waals surface area contributed by atoms with Gasteiger partial charge in [-0.3, -0.25) is 4.79 Å². The van der Waals surface area contributed by atoms with Crippen molar-refractivity contribution in [2.75, 3.05) is 0 Å². The summed E-state index contributed by atoms with van der Waals surface area (Å²) in [4.78, 5) is 20.3. The number of hydrogen-bond acceptors (Lipinski definition) is 4. The molecule has 0 aliphatic heterocycles. The van der Waals surface area contributed by atoms with Gasteiger partial charge in [0.25, 0.3) is 5.91 Å². The summed E-state index contributed by atoms with van der Waals surface area (Å²) in [5.41, 5.74) is 0.944. The van der Waals surface area contributed by atoms with Crippen LogP contribution in [0.2, 0.25) is 0 Å². The lowest BCUT2D eigenvalue weighted by Gasteiger charge is -2.18. The Hall–Kier alpha value is -2.89. The van der Waals surface area contributed by atoms with Gasteiger partial charge in [-0.25, -0.2) is 9.97 Å². The highest BCUT2D eigenvalue weighted by atomic mass is 16.3. The van der Waals surface area contributed by atoms with Crippen LogP contribution in [0.1, 0.15) is 28.0 Å². The molecule has 0 fully saturated rings. The number of imidazole rings is 1. The fourth-order valence-corrected chi connectivity index (χ4v) is 2.13. The zero-order chi connectivity index (χ0) is 14.7. The molecule has 0 saturated heterocycles. The number of nitrogens with zero attached hydrogens (tertiary/aromatic N) is 3. The molecule has 2 heterocycles. The minimum absolute atomic E-state index is 0.171. The molecule has 1 aromatic carbocycles. The summed E-state index contributed by atoms with van der Waals surface area (Å²) in [6.07, 6.45) is 6.15. The highest BCUT2D eigenvalue weighted by molar-refractivity contribution is 5.91. The highest BCUT2D eigenvalue weighted by Gasteiger charge is 2.22. The van der Waals surface area contributed by atoms with Gasteiger partial charge in [0, 0.05) is 19.4 Å². The van der Waals surface area contributed by atoms with E-state index >= 15 is 0 Å². The van der Waals surface area contributed by atoms with Gasteiger partial charge < -0.3 is 14.3 Å². The van der Waals surface area contributed by atoms with Crippen LogP contribution in [0.5, 0.6) is 0 Å². The molecule has 1 amide bonds. The maximum Gasteiger partial charge on any atom is 0.289 e. The second-order valence-corrected chi connectivity index (χ2v) is 4.58. The molecule has 3 rings (SSSR count). The Morgan fingerprint density at radius 3 is 2.76 bits per heavy atom. The van der Waals surface area contributed by atoms with E-state index in [1.165, 1.54) is 12.6 Å². The maximum absolute atomic E-state index is 12.2. The van der Waals surface area contributed by atoms with Crippen LogP contribution in [-0.4, -0.2) is 20.4 Å². The largest absolute Gasteiger partial charge is 0.438 e. The van der Waals surface area contributed by atoms with Crippen molar-refractivity contribution in [3.05, 3.63) is 72.5 Å². The lowest BCUT2D eigenvalue weighted by atomic mass is 10.1. The van der Waals surface area contributed by atoms with Crippen molar-refractivity contribution in [3.63, 3.8) is 0 Å². The predicted molar refractivity (Wildman–Crippen MR) is 75.5 cm³/mol. The summed E-state index contributed by atoms with van der Waals surface area (Å²) in [6.45, 7) is 0. The number of hydrogen-bond donors (Lipinski definition) is 1. The topological polar surface area (TPSA) is 73.0 Å². The van der Waals surface area contributed by atoms with Gasteiger partial charge >= 0.3 is 0 Å². The molecule has 1 atom stereocenters. The molecule has 0 aliphatic carbocycles. The maximum atomic E-state index is 12.2. The van der Waals surface area contributed by atoms with E-state index in [0.717, 1.165) is 11.4 Å². The lowest BCUT2D eigenvalue weighted by Crippen LogP contribution is -2.30. The van der Waals surface area contributed by atoms with Crippen LogP contribution in [0, 0.1) is 0 Å². The third-order valence-corrected chi connectivity index (χ3v) is 3.18. The number of benzene rings is 1. The molecule has 21 heavy (non-hydrogen) atoms. The van der Waals surface area contributed by atoms with E-state index in [4.69, 9.17) is 4.42 Å². The zero-order valence-corrected chi connectivity index (χ0v) is 11.4. The van der Waals surface area contributed by atoms with Crippen molar-refractivity contribution < 1.29 is 9.21 Å². The van der Waals surface area contributed by atoms with Gasteiger partial charge in [0.2, 0.25) is 5.76 Å². The SMILES string of the molecule is Cn1ccnc1[C@@H](NC(=O)c1cnco1)c1ccccc1. The predicted octanol–water partition coefficient (Wildman–Crippen LogP) is 1.93. The Balaban J connectivity index is 1.94. The minimum Gasteiger partial charge on any atom is -0.438 e. The Labute approximate surface area is 121 Å². The average molecular weight is 282 g/mol. The zero-order valence-electron chi connectivity index (χ0n) is 11.4. The first-order valence-corrected chi connectivity index (χ1v) is 6.47. The third kappa shape index (κ3) is 2.69. The van der Waals surface area contributed by atoms with Gasteiger partial charge in [-0.2, -0.15) is 0 Å². The molecule has 106 valence electrons. The van der Waals surface area contributed by atoms with Crippen LogP contribution in [0.25, 0.3) is 0 Å². The van der Waals surface area contributed by atoms with Crippen LogP contribution in [-0.2, 0) is 7.05 Å². The molecule has 6 heteroatoms. The summed E-state index contributed by atoms with van der Waals surface area (Å²) in [7, 11) is 1.89. The highest BCUT2D eigenvalue weighted by Crippen LogP contribution is 2.20. The molecule has 0 aliphatic rings. The van der Waals surface area contributed by atoms with E-state index in [9.17, 15) is 4.79 Å². The number of rotatable bonds is 4. The molecule has 0 bridgehead atoms. The first kappa shape index (κ1) is 13.1. The fourth-order valence-electron chi connectivity index (χ4n) is 2.13. The number of oxazole rings is 1. The third-order valence-electron chi connectivity index (χ3n) is 3.18. The molecule has 0 spiro atoms. The number of aromatic nitrogens is 3. The van der Waals surface area contributed by atoms with Crippen LogP contribution < -0.4 is 5.32 Å². The standard InChI is InChI=1S/C15H14N4O2/c1-19-8-7-17-14(19)13(11-5-3-2-4-6-11)18-15(20)12-9-16-10-21-12/h2-10,13H,1H3,(H,18,20)/t13-/m0/s1. The van der Waals surface area contributed by atoms with E-state index in [-0.39, 0.29) is 17.7 Å². The van der Waals surface area contributed by atoms with E-state index in [0.29, 0.717) is 0 Å². The van der Waals surface area contributed by atoms with Crippen molar-refractivity contribution in [1.29, 1.82) is 0 Å². The van der Waals surface area contributed by atoms with Crippen molar-refractivity contribution in [2.24, 2.45) is 7.05 Å². The van der Waals surface area contributed by atoms with Gasteiger partial charge in [0.1, 0.15) is 11.9 Å². The molecule has 0 radical (unpaired) electrons. The second-order valence-electron chi connectivity index (χ2n) is 4.58.